The molecule has 8 heteroatoms. The van der Waals surface area contributed by atoms with Gasteiger partial charge in [0.25, 0.3) is 0 Å². The van der Waals surface area contributed by atoms with Crippen LogP contribution in [0.5, 0.6) is 0 Å². The van der Waals surface area contributed by atoms with Crippen molar-refractivity contribution >= 4 is 29.1 Å². The summed E-state index contributed by atoms with van der Waals surface area (Å²) in [4.78, 5) is 24.6. The zero-order valence-corrected chi connectivity index (χ0v) is 20.7. The fraction of sp³-hybridized carbons (Fsp3) is 0.231. The van der Waals surface area contributed by atoms with Crippen LogP contribution in [0.25, 0.3) is 11.4 Å². The van der Waals surface area contributed by atoms with Crippen LogP contribution in [0.3, 0.4) is 0 Å². The Hall–Kier alpha value is -3.65. The van der Waals surface area contributed by atoms with Crippen LogP contribution in [-0.4, -0.2) is 36.8 Å². The summed E-state index contributed by atoms with van der Waals surface area (Å²) in [6.07, 6.45) is 0. The molecule has 1 amide bonds. The monoisotopic (exact) mass is 473 g/mol. The second-order valence-corrected chi connectivity index (χ2v) is 9.21. The van der Waals surface area contributed by atoms with Crippen molar-refractivity contribution in [2.24, 2.45) is 0 Å². The summed E-state index contributed by atoms with van der Waals surface area (Å²) < 4.78 is 4.00. The first-order valence-electron chi connectivity index (χ1n) is 11.0. The first-order valence-corrected chi connectivity index (χ1v) is 11.9. The molecule has 1 N–H and O–H groups in total. The zero-order chi connectivity index (χ0) is 24.4. The number of nitrogens with zero attached hydrogens (tertiary/aromatic N) is 4. The minimum atomic E-state index is -0.138. The van der Waals surface area contributed by atoms with E-state index in [1.165, 1.54) is 24.2 Å². The van der Waals surface area contributed by atoms with Gasteiger partial charge in [0.2, 0.25) is 5.91 Å². The van der Waals surface area contributed by atoms with Gasteiger partial charge >= 0.3 is 0 Å². The molecule has 0 aliphatic heterocycles. The number of amides is 1. The molecule has 7 nitrogen and oxygen atoms in total. The van der Waals surface area contributed by atoms with E-state index < -0.39 is 0 Å². The number of hydrogen-bond donors (Lipinski definition) is 1. The van der Waals surface area contributed by atoms with Crippen molar-refractivity contribution in [3.8, 4) is 11.4 Å². The number of nitrogens with one attached hydrogen (secondary N) is 1. The molecular weight excluding hydrogens is 446 g/mol. The van der Waals surface area contributed by atoms with Crippen LogP contribution in [-0.2, 0) is 4.79 Å². The van der Waals surface area contributed by atoms with Gasteiger partial charge in [-0.1, -0.05) is 35.5 Å². The molecule has 4 aromatic rings. The number of ketones is 1. The van der Waals surface area contributed by atoms with E-state index >= 15 is 0 Å². The van der Waals surface area contributed by atoms with E-state index in [-0.39, 0.29) is 17.4 Å². The predicted molar refractivity (Wildman–Crippen MR) is 135 cm³/mol. The van der Waals surface area contributed by atoms with Gasteiger partial charge in [0.15, 0.2) is 10.9 Å². The normalized spacial score (nSPS) is 11.0. The zero-order valence-electron chi connectivity index (χ0n) is 19.9. The molecule has 2 aromatic carbocycles. The SMILES string of the molecule is CC(=O)Nc1cccc(-n2c(C)nnc2SCC(=O)c2cc(C)n(-c3ccc(C)cc3)c2C)c1. The predicted octanol–water partition coefficient (Wildman–Crippen LogP) is 5.23. The number of Topliss-reactive ketones (excluding diaryl/α,β-unsaturated/α-hetero) is 1. The minimum Gasteiger partial charge on any atom is -0.326 e. The number of anilines is 1. The van der Waals surface area contributed by atoms with E-state index in [1.807, 2.05) is 55.7 Å². The lowest BCUT2D eigenvalue weighted by Crippen LogP contribution is -2.08. The van der Waals surface area contributed by atoms with Gasteiger partial charge in [-0.05, 0) is 64.1 Å². The summed E-state index contributed by atoms with van der Waals surface area (Å²) in [7, 11) is 0. The first-order chi connectivity index (χ1) is 16.2. The van der Waals surface area contributed by atoms with Crippen LogP contribution in [0.15, 0.2) is 59.8 Å². The Balaban J connectivity index is 1.56. The summed E-state index contributed by atoms with van der Waals surface area (Å²) in [5, 5.41) is 11.9. The second-order valence-electron chi connectivity index (χ2n) is 8.26. The maximum Gasteiger partial charge on any atom is 0.221 e. The molecule has 0 aliphatic rings. The van der Waals surface area contributed by atoms with E-state index in [1.54, 1.807) is 0 Å². The van der Waals surface area contributed by atoms with Crippen LogP contribution in [0, 0.1) is 27.7 Å². The Morgan fingerprint density at radius 1 is 0.912 bits per heavy atom. The molecule has 0 saturated carbocycles. The van der Waals surface area contributed by atoms with Crippen molar-refractivity contribution in [3.63, 3.8) is 0 Å². The van der Waals surface area contributed by atoms with Gasteiger partial charge in [0, 0.05) is 35.2 Å². The molecule has 4 rings (SSSR count). The van der Waals surface area contributed by atoms with Gasteiger partial charge in [0.1, 0.15) is 5.82 Å². The molecule has 0 spiro atoms. The fourth-order valence-corrected chi connectivity index (χ4v) is 4.88. The lowest BCUT2D eigenvalue weighted by atomic mass is 10.2. The highest BCUT2D eigenvalue weighted by Crippen LogP contribution is 2.27. The Bertz CT molecular complexity index is 1370. The van der Waals surface area contributed by atoms with Crippen molar-refractivity contribution in [3.05, 3.63) is 82.9 Å². The van der Waals surface area contributed by atoms with Crippen LogP contribution in [0.2, 0.25) is 0 Å². The van der Waals surface area contributed by atoms with E-state index in [4.69, 9.17) is 0 Å². The molecule has 0 radical (unpaired) electrons. The van der Waals surface area contributed by atoms with Crippen LogP contribution >= 0.6 is 11.8 Å². The third kappa shape index (κ3) is 4.82. The summed E-state index contributed by atoms with van der Waals surface area (Å²) in [6, 6.07) is 17.7. The Morgan fingerprint density at radius 3 is 2.35 bits per heavy atom. The van der Waals surface area contributed by atoms with Crippen molar-refractivity contribution in [2.75, 3.05) is 11.1 Å². The average Bonchev–Trinajstić information content (AvgIpc) is 3.31. The summed E-state index contributed by atoms with van der Waals surface area (Å²) in [6.45, 7) is 9.38. The highest BCUT2D eigenvalue weighted by atomic mass is 32.2. The van der Waals surface area contributed by atoms with E-state index in [0.717, 1.165) is 22.8 Å². The van der Waals surface area contributed by atoms with E-state index in [2.05, 4.69) is 51.3 Å². The molecule has 0 aliphatic carbocycles. The van der Waals surface area contributed by atoms with Crippen LogP contribution < -0.4 is 5.32 Å². The third-order valence-corrected chi connectivity index (χ3v) is 6.50. The number of benzene rings is 2. The fourth-order valence-electron chi connectivity index (χ4n) is 4.00. The first kappa shape index (κ1) is 23.5. The van der Waals surface area contributed by atoms with Gasteiger partial charge in [-0.3, -0.25) is 14.2 Å². The number of thioether (sulfide) groups is 1. The van der Waals surface area contributed by atoms with Gasteiger partial charge in [-0.15, -0.1) is 10.2 Å². The quantitative estimate of drug-likeness (QED) is 0.294. The van der Waals surface area contributed by atoms with Crippen molar-refractivity contribution in [1.82, 2.24) is 19.3 Å². The molecule has 0 bridgehead atoms. The van der Waals surface area contributed by atoms with Gasteiger partial charge in [-0.2, -0.15) is 0 Å². The van der Waals surface area contributed by atoms with Crippen molar-refractivity contribution < 1.29 is 9.59 Å². The molecule has 0 fully saturated rings. The smallest absolute Gasteiger partial charge is 0.221 e. The Labute approximate surface area is 203 Å². The highest BCUT2D eigenvalue weighted by molar-refractivity contribution is 7.99. The number of rotatable bonds is 7. The number of hydrogen-bond acceptors (Lipinski definition) is 5. The van der Waals surface area contributed by atoms with Crippen LogP contribution in [0.4, 0.5) is 5.69 Å². The lowest BCUT2D eigenvalue weighted by molar-refractivity contribution is -0.114. The molecule has 34 heavy (non-hydrogen) atoms. The van der Waals surface area contributed by atoms with E-state index in [0.29, 0.717) is 22.2 Å². The molecule has 0 saturated heterocycles. The average molecular weight is 474 g/mol. The molecule has 2 aromatic heterocycles. The minimum absolute atomic E-state index is 0.0376. The Morgan fingerprint density at radius 2 is 1.65 bits per heavy atom. The topological polar surface area (TPSA) is 81.8 Å². The molecule has 174 valence electrons. The molecular formula is C26H27N5O2S. The molecule has 0 atom stereocenters. The van der Waals surface area contributed by atoms with Gasteiger partial charge in [-0.25, -0.2) is 0 Å². The van der Waals surface area contributed by atoms with Crippen LogP contribution in [0.1, 0.15) is 40.1 Å². The van der Waals surface area contributed by atoms with Gasteiger partial charge < -0.3 is 9.88 Å². The summed E-state index contributed by atoms with van der Waals surface area (Å²) in [5.74, 6) is 0.839. The third-order valence-electron chi connectivity index (χ3n) is 5.58. The largest absolute Gasteiger partial charge is 0.326 e. The maximum absolute atomic E-state index is 13.2. The standard InChI is InChI=1S/C26H27N5O2S/c1-16-9-11-22(12-10-16)30-17(2)13-24(18(30)3)25(33)15-34-26-29-28-19(4)31(26)23-8-6-7-21(14-23)27-20(5)32/h6-14H,15H2,1-5H3,(H,27,32). The van der Waals surface area contributed by atoms with Gasteiger partial charge in [0.05, 0.1) is 11.4 Å². The second kappa shape index (κ2) is 9.69. The number of carbonyl (C=O) groups is 2. The summed E-state index contributed by atoms with van der Waals surface area (Å²) in [5.41, 5.74) is 6.40. The summed E-state index contributed by atoms with van der Waals surface area (Å²) >= 11 is 1.35. The van der Waals surface area contributed by atoms with Crippen molar-refractivity contribution in [1.29, 1.82) is 0 Å². The Kier molecular flexibility index (Phi) is 6.70. The molecule has 0 unspecified atom stereocenters. The van der Waals surface area contributed by atoms with E-state index in [9.17, 15) is 9.59 Å². The van der Waals surface area contributed by atoms with Crippen molar-refractivity contribution in [2.45, 2.75) is 39.8 Å². The number of aryl methyl sites for hydroxylation is 3. The highest BCUT2D eigenvalue weighted by Gasteiger charge is 2.19. The number of aromatic nitrogens is 4. The lowest BCUT2D eigenvalue weighted by Gasteiger charge is -2.11. The maximum atomic E-state index is 13.2. The molecule has 2 heterocycles. The number of carbonyl (C=O) groups excluding carboxylic acids is 2.